The number of aliphatic hydroxyl groups is 1. The molecule has 1 fully saturated rings. The molecule has 0 spiro atoms. The molecule has 1 atom stereocenters. The molecule has 2 rings (SSSR count). The Labute approximate surface area is 105 Å². The molecule has 1 aliphatic rings. The third-order valence-electron chi connectivity index (χ3n) is 2.72. The van der Waals surface area contributed by atoms with Gasteiger partial charge in [0.05, 0.1) is 6.10 Å². The molecule has 1 saturated carbocycles. The third-order valence-corrected chi connectivity index (χ3v) is 2.72. The Morgan fingerprint density at radius 3 is 2.94 bits per heavy atom. The van der Waals surface area contributed by atoms with E-state index in [0.717, 1.165) is 12.8 Å². The Kier molecular flexibility index (Phi) is 3.81. The number of carbonyl (C=O) groups excluding carboxylic acids is 1. The number of halogens is 1. The summed E-state index contributed by atoms with van der Waals surface area (Å²) in [5.74, 6) is -0.309. The van der Waals surface area contributed by atoms with Gasteiger partial charge in [0.1, 0.15) is 11.6 Å². The summed E-state index contributed by atoms with van der Waals surface area (Å²) in [6.45, 7) is 1.40. The molecular weight excluding hydrogens is 237 g/mol. The van der Waals surface area contributed by atoms with Gasteiger partial charge in [0.15, 0.2) is 6.61 Å². The maximum absolute atomic E-state index is 13.0. The molecular formula is C13H16FNO3. The molecule has 1 aliphatic carbocycles. The van der Waals surface area contributed by atoms with E-state index in [9.17, 15) is 14.3 Å². The number of rotatable bonds is 5. The summed E-state index contributed by atoms with van der Waals surface area (Å²) in [5.41, 5.74) is 0.342. The minimum Gasteiger partial charge on any atom is -0.483 e. The Balaban J connectivity index is 1.96. The number of ether oxygens (including phenoxy) is 1. The summed E-state index contributed by atoms with van der Waals surface area (Å²) in [6.07, 6.45) is 1.18. The Bertz CT molecular complexity index is 444. The van der Waals surface area contributed by atoms with Crippen LogP contribution in [0.2, 0.25) is 0 Å². The van der Waals surface area contributed by atoms with E-state index in [1.165, 1.54) is 25.1 Å². The number of hydrogen-bond donors (Lipinski definition) is 2. The quantitative estimate of drug-likeness (QED) is 0.836. The van der Waals surface area contributed by atoms with E-state index >= 15 is 0 Å². The molecule has 2 N–H and O–H groups in total. The van der Waals surface area contributed by atoms with Crippen LogP contribution in [0.15, 0.2) is 18.2 Å². The van der Waals surface area contributed by atoms with Gasteiger partial charge in [-0.05, 0) is 38.0 Å². The van der Waals surface area contributed by atoms with Crippen molar-refractivity contribution in [1.29, 1.82) is 0 Å². The molecule has 18 heavy (non-hydrogen) atoms. The minimum atomic E-state index is -0.845. The van der Waals surface area contributed by atoms with Crippen LogP contribution in [0.25, 0.3) is 0 Å². The van der Waals surface area contributed by atoms with Crippen LogP contribution in [0.1, 0.15) is 31.4 Å². The summed E-state index contributed by atoms with van der Waals surface area (Å²) < 4.78 is 18.3. The second-order valence-corrected chi connectivity index (χ2v) is 4.49. The fraction of sp³-hybridized carbons (Fsp3) is 0.462. The van der Waals surface area contributed by atoms with Gasteiger partial charge in [0.25, 0.3) is 5.91 Å². The van der Waals surface area contributed by atoms with Crippen molar-refractivity contribution >= 4 is 5.91 Å². The first kappa shape index (κ1) is 12.8. The highest BCUT2D eigenvalue weighted by Gasteiger charge is 2.23. The first-order chi connectivity index (χ1) is 8.56. The van der Waals surface area contributed by atoms with Crippen LogP contribution in [0.4, 0.5) is 4.39 Å². The first-order valence-electron chi connectivity index (χ1n) is 5.96. The van der Waals surface area contributed by atoms with Crippen molar-refractivity contribution in [2.45, 2.75) is 31.9 Å². The fourth-order valence-corrected chi connectivity index (χ4v) is 1.62. The summed E-state index contributed by atoms with van der Waals surface area (Å²) in [6, 6.07) is 4.14. The average molecular weight is 253 g/mol. The predicted molar refractivity (Wildman–Crippen MR) is 63.7 cm³/mol. The molecule has 0 saturated heterocycles. The van der Waals surface area contributed by atoms with Crippen LogP contribution in [0.3, 0.4) is 0 Å². The highest BCUT2D eigenvalue weighted by Crippen LogP contribution is 2.26. The van der Waals surface area contributed by atoms with Gasteiger partial charge in [-0.1, -0.05) is 0 Å². The first-order valence-corrected chi connectivity index (χ1v) is 5.96. The van der Waals surface area contributed by atoms with Gasteiger partial charge in [-0.3, -0.25) is 4.79 Å². The summed E-state index contributed by atoms with van der Waals surface area (Å²) in [4.78, 5) is 11.4. The Morgan fingerprint density at radius 1 is 1.61 bits per heavy atom. The lowest BCUT2D eigenvalue weighted by Crippen LogP contribution is -2.30. The zero-order valence-electron chi connectivity index (χ0n) is 10.1. The number of carbonyl (C=O) groups is 1. The lowest BCUT2D eigenvalue weighted by Gasteiger charge is -2.13. The van der Waals surface area contributed by atoms with Crippen molar-refractivity contribution in [1.82, 2.24) is 5.32 Å². The number of amides is 1. The molecule has 0 radical (unpaired) electrons. The van der Waals surface area contributed by atoms with Gasteiger partial charge in [0.2, 0.25) is 0 Å². The third kappa shape index (κ3) is 3.43. The minimum absolute atomic E-state index is 0.123. The lowest BCUT2D eigenvalue weighted by molar-refractivity contribution is -0.123. The molecule has 98 valence electrons. The molecule has 0 aromatic heterocycles. The molecule has 5 heteroatoms. The van der Waals surface area contributed by atoms with E-state index in [1.807, 2.05) is 0 Å². The molecule has 1 aromatic carbocycles. The largest absolute Gasteiger partial charge is 0.483 e. The highest BCUT2D eigenvalue weighted by atomic mass is 19.1. The van der Waals surface area contributed by atoms with E-state index in [-0.39, 0.29) is 18.6 Å². The van der Waals surface area contributed by atoms with Crippen molar-refractivity contribution < 1.29 is 19.0 Å². The van der Waals surface area contributed by atoms with Crippen molar-refractivity contribution in [2.24, 2.45) is 0 Å². The van der Waals surface area contributed by atoms with E-state index in [0.29, 0.717) is 11.3 Å². The van der Waals surface area contributed by atoms with Crippen molar-refractivity contribution in [3.05, 3.63) is 29.6 Å². The SMILES string of the molecule is C[C@H](O)c1cc(F)ccc1OCC(=O)NC1CC1. The van der Waals surface area contributed by atoms with Gasteiger partial charge >= 0.3 is 0 Å². The van der Waals surface area contributed by atoms with Gasteiger partial charge in [-0.15, -0.1) is 0 Å². The number of hydrogen-bond acceptors (Lipinski definition) is 3. The average Bonchev–Trinajstić information content (AvgIpc) is 3.11. The van der Waals surface area contributed by atoms with Gasteiger partial charge in [0, 0.05) is 11.6 Å². The van der Waals surface area contributed by atoms with Crippen LogP contribution >= 0.6 is 0 Å². The van der Waals surface area contributed by atoms with Crippen molar-refractivity contribution in [3.63, 3.8) is 0 Å². The molecule has 0 heterocycles. The van der Waals surface area contributed by atoms with E-state index in [4.69, 9.17) is 4.74 Å². The smallest absolute Gasteiger partial charge is 0.258 e. The Morgan fingerprint density at radius 2 is 2.33 bits per heavy atom. The molecule has 0 aliphatic heterocycles. The van der Waals surface area contributed by atoms with Crippen molar-refractivity contribution in [2.75, 3.05) is 6.61 Å². The van der Waals surface area contributed by atoms with Crippen LogP contribution in [0, 0.1) is 5.82 Å². The van der Waals surface area contributed by atoms with Crippen LogP contribution in [-0.4, -0.2) is 23.7 Å². The van der Waals surface area contributed by atoms with E-state index < -0.39 is 11.9 Å². The molecule has 4 nitrogen and oxygen atoms in total. The fourth-order valence-electron chi connectivity index (χ4n) is 1.62. The van der Waals surface area contributed by atoms with Gasteiger partial charge < -0.3 is 15.2 Å². The zero-order chi connectivity index (χ0) is 13.1. The molecule has 0 unspecified atom stereocenters. The zero-order valence-corrected chi connectivity index (χ0v) is 10.1. The summed E-state index contributed by atoms with van der Waals surface area (Å²) >= 11 is 0. The summed E-state index contributed by atoms with van der Waals surface area (Å²) in [5, 5.41) is 12.3. The van der Waals surface area contributed by atoms with Crippen LogP contribution in [-0.2, 0) is 4.79 Å². The van der Waals surface area contributed by atoms with Gasteiger partial charge in [-0.25, -0.2) is 4.39 Å². The maximum Gasteiger partial charge on any atom is 0.258 e. The lowest BCUT2D eigenvalue weighted by atomic mass is 10.1. The van der Waals surface area contributed by atoms with Crippen LogP contribution < -0.4 is 10.1 Å². The second-order valence-electron chi connectivity index (χ2n) is 4.49. The normalized spacial score (nSPS) is 16.2. The van der Waals surface area contributed by atoms with Crippen LogP contribution in [0.5, 0.6) is 5.75 Å². The van der Waals surface area contributed by atoms with Crippen molar-refractivity contribution in [3.8, 4) is 5.75 Å². The standard InChI is InChI=1S/C13H16FNO3/c1-8(16)11-6-9(14)2-5-12(11)18-7-13(17)15-10-3-4-10/h2,5-6,8,10,16H,3-4,7H2,1H3,(H,15,17)/t8-/m0/s1. The molecule has 1 aromatic rings. The molecule has 0 bridgehead atoms. The molecule has 1 amide bonds. The second kappa shape index (κ2) is 5.35. The van der Waals surface area contributed by atoms with Gasteiger partial charge in [-0.2, -0.15) is 0 Å². The number of benzene rings is 1. The summed E-state index contributed by atoms with van der Waals surface area (Å²) in [7, 11) is 0. The van der Waals surface area contributed by atoms with E-state index in [1.54, 1.807) is 0 Å². The highest BCUT2D eigenvalue weighted by molar-refractivity contribution is 5.78. The Hall–Kier alpha value is -1.62. The number of aliphatic hydroxyl groups excluding tert-OH is 1. The topological polar surface area (TPSA) is 58.6 Å². The number of nitrogens with one attached hydrogen (secondary N) is 1. The predicted octanol–water partition coefficient (Wildman–Crippen LogP) is 1.54. The maximum atomic E-state index is 13.0. The monoisotopic (exact) mass is 253 g/mol. The van der Waals surface area contributed by atoms with E-state index in [2.05, 4.69) is 5.32 Å².